The van der Waals surface area contributed by atoms with Crippen LogP contribution in [-0.2, 0) is 0 Å². The van der Waals surface area contributed by atoms with Gasteiger partial charge < -0.3 is 38.6 Å². The Morgan fingerprint density at radius 3 is 1.64 bits per heavy atom. The fourth-order valence-electron chi connectivity index (χ4n) is 2.77. The molecular weight excluding hydrogens is 368 g/mol. The lowest BCUT2D eigenvalue weighted by Crippen LogP contribution is -2.29. The number of methoxy groups -OCH3 is 5. The van der Waals surface area contributed by atoms with Gasteiger partial charge in [-0.2, -0.15) is 0 Å². The molecule has 2 unspecified atom stereocenters. The summed E-state index contributed by atoms with van der Waals surface area (Å²) >= 11 is 0. The Morgan fingerprint density at radius 2 is 1.25 bits per heavy atom. The summed E-state index contributed by atoms with van der Waals surface area (Å²) in [6, 6.07) is 8.32. The molecule has 8 nitrogen and oxygen atoms in total. The second-order valence-electron chi connectivity index (χ2n) is 5.73. The molecule has 2 N–H and O–H groups in total. The van der Waals surface area contributed by atoms with Gasteiger partial charge in [0.05, 0.1) is 42.2 Å². The van der Waals surface area contributed by atoms with Crippen molar-refractivity contribution in [1.29, 1.82) is 0 Å². The highest BCUT2D eigenvalue weighted by atomic mass is 16.6. The number of ether oxygens (including phenoxy) is 6. The number of hydrogen-bond acceptors (Lipinski definition) is 8. The van der Waals surface area contributed by atoms with Crippen LogP contribution in [0.3, 0.4) is 0 Å². The predicted octanol–water partition coefficient (Wildman–Crippen LogP) is 2.20. The van der Waals surface area contributed by atoms with Gasteiger partial charge in [-0.1, -0.05) is 6.07 Å². The van der Waals surface area contributed by atoms with Crippen molar-refractivity contribution < 1.29 is 38.6 Å². The van der Waals surface area contributed by atoms with E-state index in [4.69, 9.17) is 28.4 Å². The summed E-state index contributed by atoms with van der Waals surface area (Å²) in [5.41, 5.74) is 0.419. The summed E-state index contributed by atoms with van der Waals surface area (Å²) < 4.78 is 32.4. The molecule has 0 aromatic heterocycles. The van der Waals surface area contributed by atoms with E-state index in [9.17, 15) is 10.2 Å². The average molecular weight is 394 g/mol. The number of aliphatic hydroxyl groups is 2. The summed E-state index contributed by atoms with van der Waals surface area (Å²) in [5.74, 6) is 2.25. The fraction of sp³-hybridized carbons (Fsp3) is 0.400. The number of para-hydroxylation sites is 1. The van der Waals surface area contributed by atoms with E-state index in [1.807, 2.05) is 0 Å². The third-order valence-corrected chi connectivity index (χ3v) is 4.21. The van der Waals surface area contributed by atoms with Gasteiger partial charge in [0.1, 0.15) is 6.10 Å². The molecule has 0 aliphatic carbocycles. The molecule has 8 heteroatoms. The molecule has 2 aromatic rings. The minimum absolute atomic E-state index is 0.276. The molecule has 0 saturated carbocycles. The lowest BCUT2D eigenvalue weighted by molar-refractivity contribution is -0.00184. The summed E-state index contributed by atoms with van der Waals surface area (Å²) in [7, 11) is 7.43. The van der Waals surface area contributed by atoms with E-state index in [2.05, 4.69) is 0 Å². The minimum atomic E-state index is -1.20. The smallest absolute Gasteiger partial charge is 0.203 e. The quantitative estimate of drug-likeness (QED) is 0.633. The molecule has 0 saturated heterocycles. The van der Waals surface area contributed by atoms with Crippen LogP contribution < -0.4 is 28.4 Å². The highest BCUT2D eigenvalue weighted by Gasteiger charge is 2.27. The van der Waals surface area contributed by atoms with Gasteiger partial charge in [0.15, 0.2) is 29.1 Å². The molecule has 0 spiro atoms. The first kappa shape index (κ1) is 21.5. The first-order chi connectivity index (χ1) is 13.5. The second-order valence-corrected chi connectivity index (χ2v) is 5.73. The Kier molecular flexibility index (Phi) is 7.60. The van der Waals surface area contributed by atoms with E-state index in [0.29, 0.717) is 34.3 Å². The van der Waals surface area contributed by atoms with Gasteiger partial charge in [-0.15, -0.1) is 0 Å². The molecule has 0 heterocycles. The molecule has 0 amide bonds. The van der Waals surface area contributed by atoms with E-state index in [1.165, 1.54) is 35.5 Å². The molecule has 0 bridgehead atoms. The molecule has 0 aliphatic rings. The Hall–Kier alpha value is -2.84. The van der Waals surface area contributed by atoms with Crippen LogP contribution in [0.1, 0.15) is 11.7 Å². The molecule has 0 aliphatic heterocycles. The van der Waals surface area contributed by atoms with Crippen LogP contribution in [0.4, 0.5) is 0 Å². The monoisotopic (exact) mass is 394 g/mol. The van der Waals surface area contributed by atoms with E-state index < -0.39 is 18.8 Å². The maximum absolute atomic E-state index is 10.9. The zero-order valence-corrected chi connectivity index (χ0v) is 16.6. The maximum Gasteiger partial charge on any atom is 0.203 e. The van der Waals surface area contributed by atoms with Crippen molar-refractivity contribution in [2.75, 3.05) is 42.2 Å². The third-order valence-electron chi connectivity index (χ3n) is 4.21. The van der Waals surface area contributed by atoms with Gasteiger partial charge in [0.25, 0.3) is 0 Å². The van der Waals surface area contributed by atoms with Crippen molar-refractivity contribution in [3.63, 3.8) is 0 Å². The number of benzene rings is 2. The van der Waals surface area contributed by atoms with Gasteiger partial charge in [0, 0.05) is 0 Å². The number of rotatable bonds is 10. The van der Waals surface area contributed by atoms with E-state index in [1.54, 1.807) is 30.3 Å². The largest absolute Gasteiger partial charge is 0.493 e. The van der Waals surface area contributed by atoms with Crippen LogP contribution in [0, 0.1) is 0 Å². The SMILES string of the molecule is COc1cc(C(O)C(CO)Oc2c(OC)cccc2OC)cc(OC)c1OC. The third kappa shape index (κ3) is 4.35. The number of hydrogen-bond donors (Lipinski definition) is 2. The predicted molar refractivity (Wildman–Crippen MR) is 102 cm³/mol. The molecule has 2 aromatic carbocycles. The van der Waals surface area contributed by atoms with Crippen LogP contribution in [0.5, 0.6) is 34.5 Å². The van der Waals surface area contributed by atoms with Gasteiger partial charge in [0.2, 0.25) is 11.5 Å². The second kappa shape index (κ2) is 9.91. The lowest BCUT2D eigenvalue weighted by Gasteiger charge is -2.25. The zero-order valence-electron chi connectivity index (χ0n) is 16.6. The van der Waals surface area contributed by atoms with Crippen LogP contribution in [0.15, 0.2) is 30.3 Å². The van der Waals surface area contributed by atoms with Crippen LogP contribution in [0.25, 0.3) is 0 Å². The summed E-state index contributed by atoms with van der Waals surface area (Å²) in [5, 5.41) is 20.7. The van der Waals surface area contributed by atoms with Gasteiger partial charge in [-0.25, -0.2) is 0 Å². The zero-order chi connectivity index (χ0) is 20.7. The first-order valence-electron chi connectivity index (χ1n) is 8.51. The minimum Gasteiger partial charge on any atom is -0.493 e. The summed E-state index contributed by atoms with van der Waals surface area (Å²) in [6.45, 7) is -0.459. The highest BCUT2D eigenvalue weighted by Crippen LogP contribution is 2.42. The van der Waals surface area contributed by atoms with Crippen LogP contribution >= 0.6 is 0 Å². The normalized spacial score (nSPS) is 12.7. The fourth-order valence-corrected chi connectivity index (χ4v) is 2.77. The van der Waals surface area contributed by atoms with Crippen molar-refractivity contribution in [3.8, 4) is 34.5 Å². The first-order valence-corrected chi connectivity index (χ1v) is 8.51. The van der Waals surface area contributed by atoms with Crippen molar-refractivity contribution in [2.24, 2.45) is 0 Å². The Balaban J connectivity index is 2.41. The van der Waals surface area contributed by atoms with Crippen molar-refractivity contribution in [1.82, 2.24) is 0 Å². The van der Waals surface area contributed by atoms with E-state index in [0.717, 1.165) is 0 Å². The summed E-state index contributed by atoms with van der Waals surface area (Å²) in [6.07, 6.45) is -2.21. The molecule has 2 atom stereocenters. The number of aliphatic hydroxyl groups excluding tert-OH is 2. The van der Waals surface area contributed by atoms with E-state index in [-0.39, 0.29) is 5.75 Å². The standard InChI is InChI=1S/C20H26O8/c1-23-13-7-6-8-14(24-2)20(13)28-17(11-21)18(22)12-9-15(25-3)19(27-5)16(10-12)26-4/h6-10,17-18,21-22H,11H2,1-5H3. The molecular formula is C20H26O8. The van der Waals surface area contributed by atoms with E-state index >= 15 is 0 Å². The molecule has 28 heavy (non-hydrogen) atoms. The Labute approximate surface area is 164 Å². The van der Waals surface area contributed by atoms with Gasteiger partial charge in [-0.05, 0) is 29.8 Å². The van der Waals surface area contributed by atoms with Crippen molar-refractivity contribution in [2.45, 2.75) is 12.2 Å². The molecule has 0 radical (unpaired) electrons. The summed E-state index contributed by atoms with van der Waals surface area (Å²) in [4.78, 5) is 0. The topological polar surface area (TPSA) is 95.8 Å². The van der Waals surface area contributed by atoms with Crippen molar-refractivity contribution in [3.05, 3.63) is 35.9 Å². The molecule has 2 rings (SSSR count). The van der Waals surface area contributed by atoms with Gasteiger partial charge >= 0.3 is 0 Å². The Morgan fingerprint density at radius 1 is 0.750 bits per heavy atom. The van der Waals surface area contributed by atoms with Crippen LogP contribution in [-0.4, -0.2) is 58.5 Å². The van der Waals surface area contributed by atoms with Crippen molar-refractivity contribution >= 4 is 0 Å². The average Bonchev–Trinajstić information content (AvgIpc) is 2.75. The molecule has 154 valence electrons. The maximum atomic E-state index is 10.9. The van der Waals surface area contributed by atoms with Gasteiger partial charge in [-0.3, -0.25) is 0 Å². The molecule has 0 fully saturated rings. The Bertz CT molecular complexity index is 730. The van der Waals surface area contributed by atoms with Crippen LogP contribution in [0.2, 0.25) is 0 Å². The highest BCUT2D eigenvalue weighted by molar-refractivity contribution is 5.55. The lowest BCUT2D eigenvalue weighted by atomic mass is 10.0.